The van der Waals surface area contributed by atoms with Crippen molar-refractivity contribution >= 4 is 17.4 Å². The molecule has 2 N–H and O–H groups in total. The number of rotatable bonds is 5. The van der Waals surface area contributed by atoms with Crippen LogP contribution < -0.4 is 10.6 Å². The molecule has 0 spiro atoms. The Bertz CT molecular complexity index is 233. The summed E-state index contributed by atoms with van der Waals surface area (Å²) in [6, 6.07) is 8.49. The molecule has 1 aromatic rings. The van der Waals surface area contributed by atoms with Crippen LogP contribution in [0.2, 0.25) is 0 Å². The molecule has 0 atom stereocenters. The molecule has 0 bridgehead atoms. The van der Waals surface area contributed by atoms with E-state index in [-0.39, 0.29) is 0 Å². The summed E-state index contributed by atoms with van der Waals surface area (Å²) >= 11 is 1.77. The molecule has 0 amide bonds. The Morgan fingerprint density at radius 2 is 1.85 bits per heavy atom. The Balaban J connectivity index is 2.40. The second-order valence-electron chi connectivity index (χ2n) is 2.76. The van der Waals surface area contributed by atoms with Gasteiger partial charge in [-0.2, -0.15) is 0 Å². The first-order valence-corrected chi connectivity index (χ1v) is 5.62. The summed E-state index contributed by atoms with van der Waals surface area (Å²) in [5, 5.41) is 6.42. The molecule has 0 aliphatic rings. The minimum Gasteiger partial charge on any atom is -0.384 e. The van der Waals surface area contributed by atoms with Crippen LogP contribution in [0.3, 0.4) is 0 Å². The maximum atomic E-state index is 3.33. The molecule has 1 rings (SSSR count). The van der Waals surface area contributed by atoms with Crippen LogP contribution in [0, 0.1) is 0 Å². The van der Waals surface area contributed by atoms with Crippen LogP contribution in [0.15, 0.2) is 29.2 Å². The van der Waals surface area contributed by atoms with E-state index in [0.717, 1.165) is 13.1 Å². The third-order valence-electron chi connectivity index (χ3n) is 1.79. The lowest BCUT2D eigenvalue weighted by Crippen LogP contribution is -2.17. The Morgan fingerprint density at radius 1 is 1.15 bits per heavy atom. The molecule has 0 aliphatic carbocycles. The zero-order chi connectivity index (χ0) is 9.52. The summed E-state index contributed by atoms with van der Waals surface area (Å²) in [6.45, 7) is 1.96. The second-order valence-corrected chi connectivity index (χ2v) is 3.64. The summed E-state index contributed by atoms with van der Waals surface area (Å²) in [7, 11) is 1.96. The van der Waals surface area contributed by atoms with E-state index in [1.807, 2.05) is 7.05 Å². The van der Waals surface area contributed by atoms with Gasteiger partial charge >= 0.3 is 0 Å². The third-order valence-corrected chi connectivity index (χ3v) is 2.54. The molecule has 0 radical (unpaired) electrons. The van der Waals surface area contributed by atoms with Crippen molar-refractivity contribution in [2.24, 2.45) is 0 Å². The van der Waals surface area contributed by atoms with Gasteiger partial charge < -0.3 is 10.6 Å². The molecule has 0 fully saturated rings. The number of anilines is 1. The smallest absolute Gasteiger partial charge is 0.0341 e. The minimum atomic E-state index is 0.967. The van der Waals surface area contributed by atoms with E-state index in [4.69, 9.17) is 0 Å². The number of nitrogens with one attached hydrogen (secondary N) is 2. The topological polar surface area (TPSA) is 24.1 Å². The van der Waals surface area contributed by atoms with Gasteiger partial charge in [-0.3, -0.25) is 0 Å². The van der Waals surface area contributed by atoms with Gasteiger partial charge in [0, 0.05) is 23.7 Å². The van der Waals surface area contributed by atoms with Crippen molar-refractivity contribution in [2.45, 2.75) is 4.90 Å². The summed E-state index contributed by atoms with van der Waals surface area (Å²) < 4.78 is 0. The fourth-order valence-corrected chi connectivity index (χ4v) is 1.45. The van der Waals surface area contributed by atoms with Crippen LogP contribution >= 0.6 is 11.8 Å². The summed E-state index contributed by atoms with van der Waals surface area (Å²) in [6.07, 6.45) is 2.09. The van der Waals surface area contributed by atoms with E-state index in [9.17, 15) is 0 Å². The molecule has 0 saturated carbocycles. The summed E-state index contributed by atoms with van der Waals surface area (Å²) in [4.78, 5) is 1.30. The number of thioether (sulfide) groups is 1. The van der Waals surface area contributed by atoms with E-state index in [1.54, 1.807) is 11.8 Å². The first-order valence-electron chi connectivity index (χ1n) is 4.39. The summed E-state index contributed by atoms with van der Waals surface area (Å²) in [5.41, 5.74) is 1.19. The Morgan fingerprint density at radius 3 is 2.38 bits per heavy atom. The molecule has 13 heavy (non-hydrogen) atoms. The number of likely N-dealkylation sites (N-methyl/N-ethyl adjacent to an activating group) is 1. The molecular formula is C10H16N2S. The molecule has 0 heterocycles. The maximum Gasteiger partial charge on any atom is 0.0341 e. The van der Waals surface area contributed by atoms with Crippen molar-refractivity contribution in [3.05, 3.63) is 24.3 Å². The van der Waals surface area contributed by atoms with Gasteiger partial charge in [0.2, 0.25) is 0 Å². The van der Waals surface area contributed by atoms with E-state index in [0.29, 0.717) is 0 Å². The predicted molar refractivity (Wildman–Crippen MR) is 60.6 cm³/mol. The minimum absolute atomic E-state index is 0.967. The average molecular weight is 196 g/mol. The lowest BCUT2D eigenvalue weighted by Gasteiger charge is -2.05. The lowest BCUT2D eigenvalue weighted by atomic mass is 10.3. The fraction of sp³-hybridized carbons (Fsp3) is 0.400. The van der Waals surface area contributed by atoms with Gasteiger partial charge in [0.25, 0.3) is 0 Å². The van der Waals surface area contributed by atoms with Crippen LogP contribution in [0.1, 0.15) is 0 Å². The molecule has 0 aliphatic heterocycles. The second kappa shape index (κ2) is 5.89. The Labute approximate surface area is 84.1 Å². The zero-order valence-corrected chi connectivity index (χ0v) is 8.95. The van der Waals surface area contributed by atoms with Gasteiger partial charge in [0.15, 0.2) is 0 Å². The van der Waals surface area contributed by atoms with Crippen LogP contribution in [-0.4, -0.2) is 26.4 Å². The first kappa shape index (κ1) is 10.4. The van der Waals surface area contributed by atoms with Crippen LogP contribution in [-0.2, 0) is 0 Å². The number of benzene rings is 1. The zero-order valence-electron chi connectivity index (χ0n) is 8.13. The fourth-order valence-electron chi connectivity index (χ4n) is 1.04. The van der Waals surface area contributed by atoms with Crippen molar-refractivity contribution in [1.29, 1.82) is 0 Å². The third kappa shape index (κ3) is 3.70. The molecule has 0 saturated heterocycles. The average Bonchev–Trinajstić information content (AvgIpc) is 2.19. The van der Waals surface area contributed by atoms with Gasteiger partial charge in [0.05, 0.1) is 0 Å². The van der Waals surface area contributed by atoms with Crippen molar-refractivity contribution in [1.82, 2.24) is 5.32 Å². The SMILES string of the molecule is CNCCNc1ccc(SC)cc1. The standard InChI is InChI=1S/C10H16N2S/c1-11-7-8-12-9-3-5-10(13-2)6-4-9/h3-6,11-12H,7-8H2,1-2H3. The van der Waals surface area contributed by atoms with Gasteiger partial charge in [-0.25, -0.2) is 0 Å². The first-order chi connectivity index (χ1) is 6.36. The molecular weight excluding hydrogens is 180 g/mol. The Hall–Kier alpha value is -0.670. The highest BCUT2D eigenvalue weighted by atomic mass is 32.2. The van der Waals surface area contributed by atoms with Crippen LogP contribution in [0.5, 0.6) is 0 Å². The van der Waals surface area contributed by atoms with Gasteiger partial charge in [0.1, 0.15) is 0 Å². The van der Waals surface area contributed by atoms with E-state index < -0.39 is 0 Å². The maximum absolute atomic E-state index is 3.33. The highest BCUT2D eigenvalue weighted by molar-refractivity contribution is 7.98. The van der Waals surface area contributed by atoms with Crippen molar-refractivity contribution in [2.75, 3.05) is 31.7 Å². The number of hydrogen-bond donors (Lipinski definition) is 2. The van der Waals surface area contributed by atoms with Gasteiger partial charge in [-0.1, -0.05) is 0 Å². The van der Waals surface area contributed by atoms with Crippen LogP contribution in [0.25, 0.3) is 0 Å². The van der Waals surface area contributed by atoms with Crippen LogP contribution in [0.4, 0.5) is 5.69 Å². The monoisotopic (exact) mass is 196 g/mol. The van der Waals surface area contributed by atoms with Crippen molar-refractivity contribution in [3.63, 3.8) is 0 Å². The number of hydrogen-bond acceptors (Lipinski definition) is 3. The molecule has 72 valence electrons. The molecule has 3 heteroatoms. The largest absolute Gasteiger partial charge is 0.384 e. The lowest BCUT2D eigenvalue weighted by molar-refractivity contribution is 0.824. The van der Waals surface area contributed by atoms with Gasteiger partial charge in [-0.15, -0.1) is 11.8 Å². The normalized spacial score (nSPS) is 10.0. The predicted octanol–water partition coefficient (Wildman–Crippen LogP) is 2.04. The van der Waals surface area contributed by atoms with E-state index in [2.05, 4.69) is 41.2 Å². The van der Waals surface area contributed by atoms with Crippen molar-refractivity contribution < 1.29 is 0 Å². The molecule has 0 aromatic heterocycles. The highest BCUT2D eigenvalue weighted by Gasteiger charge is 1.91. The van der Waals surface area contributed by atoms with E-state index in [1.165, 1.54) is 10.6 Å². The van der Waals surface area contributed by atoms with Crippen molar-refractivity contribution in [3.8, 4) is 0 Å². The molecule has 0 unspecified atom stereocenters. The quantitative estimate of drug-likeness (QED) is 0.556. The molecule has 2 nitrogen and oxygen atoms in total. The molecule has 1 aromatic carbocycles. The van der Waals surface area contributed by atoms with Gasteiger partial charge in [-0.05, 0) is 37.6 Å². The summed E-state index contributed by atoms with van der Waals surface area (Å²) in [5.74, 6) is 0. The van der Waals surface area contributed by atoms with E-state index >= 15 is 0 Å². The Kier molecular flexibility index (Phi) is 4.72. The highest BCUT2D eigenvalue weighted by Crippen LogP contribution is 2.16.